The van der Waals surface area contributed by atoms with Crippen molar-refractivity contribution in [2.75, 3.05) is 6.26 Å². The third kappa shape index (κ3) is 3.63. The average molecular weight is 415 g/mol. The average Bonchev–Trinajstić information content (AvgIpc) is 3.32. The van der Waals surface area contributed by atoms with Crippen molar-refractivity contribution in [1.29, 1.82) is 0 Å². The zero-order valence-corrected chi connectivity index (χ0v) is 16.8. The number of hydrogen-bond acceptors (Lipinski definition) is 3. The van der Waals surface area contributed by atoms with E-state index >= 15 is 0 Å². The molecule has 4 rings (SSSR count). The van der Waals surface area contributed by atoms with E-state index in [9.17, 15) is 0 Å². The highest BCUT2D eigenvalue weighted by Gasteiger charge is 2.21. The molecule has 0 fully saturated rings. The molecule has 0 radical (unpaired) electrons. The summed E-state index contributed by atoms with van der Waals surface area (Å²) in [5.41, 5.74) is 4.08. The number of nitrogens with zero attached hydrogens (tertiary/aromatic N) is 4. The maximum absolute atomic E-state index is 6.31. The van der Waals surface area contributed by atoms with Crippen LogP contribution in [0.4, 0.5) is 0 Å². The highest BCUT2D eigenvalue weighted by atomic mass is 35.5. The molecule has 0 saturated heterocycles. The van der Waals surface area contributed by atoms with Gasteiger partial charge < -0.3 is 4.57 Å². The second kappa shape index (κ2) is 7.80. The van der Waals surface area contributed by atoms with Crippen LogP contribution in [-0.2, 0) is 6.54 Å². The Balaban J connectivity index is 1.94. The van der Waals surface area contributed by atoms with Gasteiger partial charge in [-0.2, -0.15) is 5.10 Å². The Morgan fingerprint density at radius 1 is 1.04 bits per heavy atom. The van der Waals surface area contributed by atoms with Gasteiger partial charge in [0.2, 0.25) is 0 Å². The molecule has 0 N–H and O–H groups in total. The minimum atomic E-state index is 0.518. The number of halogens is 2. The number of hydrogen-bond donors (Lipinski definition) is 0. The van der Waals surface area contributed by atoms with Gasteiger partial charge in [0.05, 0.1) is 28.6 Å². The lowest BCUT2D eigenvalue weighted by Gasteiger charge is -2.11. The number of rotatable bonds is 5. The van der Waals surface area contributed by atoms with Crippen molar-refractivity contribution in [3.8, 4) is 16.9 Å². The molecule has 0 aliphatic heterocycles. The maximum atomic E-state index is 6.31. The first-order valence-electron chi connectivity index (χ1n) is 8.30. The topological polar surface area (TPSA) is 35.6 Å². The first-order valence-corrected chi connectivity index (χ1v) is 10.3. The van der Waals surface area contributed by atoms with E-state index in [0.29, 0.717) is 16.6 Å². The van der Waals surface area contributed by atoms with E-state index in [4.69, 9.17) is 28.3 Å². The van der Waals surface area contributed by atoms with Crippen LogP contribution in [0, 0.1) is 0 Å². The summed E-state index contributed by atoms with van der Waals surface area (Å²) in [6.07, 6.45) is 7.49. The van der Waals surface area contributed by atoms with Crippen molar-refractivity contribution in [3.05, 3.63) is 82.9 Å². The van der Waals surface area contributed by atoms with Crippen molar-refractivity contribution in [3.63, 3.8) is 0 Å². The van der Waals surface area contributed by atoms with Gasteiger partial charge >= 0.3 is 0 Å². The fourth-order valence-corrected chi connectivity index (χ4v) is 3.87. The first-order chi connectivity index (χ1) is 13.2. The maximum Gasteiger partial charge on any atom is 0.143 e. The van der Waals surface area contributed by atoms with Crippen LogP contribution in [-0.4, -0.2) is 25.6 Å². The van der Waals surface area contributed by atoms with Crippen molar-refractivity contribution in [2.24, 2.45) is 0 Å². The summed E-state index contributed by atoms with van der Waals surface area (Å²) in [4.78, 5) is 4.20. The molecule has 2 heterocycles. The first kappa shape index (κ1) is 18.2. The summed E-state index contributed by atoms with van der Waals surface area (Å²) in [7, 11) is 0. The normalized spacial score (nSPS) is 11.1. The Kier molecular flexibility index (Phi) is 5.25. The molecule has 0 unspecified atom stereocenters. The van der Waals surface area contributed by atoms with Crippen LogP contribution in [0.15, 0.2) is 72.3 Å². The predicted molar refractivity (Wildman–Crippen MR) is 112 cm³/mol. The predicted octanol–water partition coefficient (Wildman–Crippen LogP) is 5.81. The molecule has 0 aliphatic rings. The number of thioether (sulfide) groups is 1. The van der Waals surface area contributed by atoms with Gasteiger partial charge in [-0.1, -0.05) is 59.6 Å². The summed E-state index contributed by atoms with van der Waals surface area (Å²) in [5, 5.41) is 6.83. The van der Waals surface area contributed by atoms with E-state index in [-0.39, 0.29) is 0 Å². The Morgan fingerprint density at radius 2 is 1.85 bits per heavy atom. The van der Waals surface area contributed by atoms with Crippen molar-refractivity contribution in [1.82, 2.24) is 19.3 Å². The summed E-state index contributed by atoms with van der Waals surface area (Å²) in [6.45, 7) is 0.651. The van der Waals surface area contributed by atoms with Crippen molar-refractivity contribution in [2.45, 2.75) is 11.6 Å². The summed E-state index contributed by atoms with van der Waals surface area (Å²) < 4.78 is 3.99. The third-order valence-electron chi connectivity index (χ3n) is 4.22. The van der Waals surface area contributed by atoms with Gasteiger partial charge in [0, 0.05) is 18.0 Å². The Bertz CT molecular complexity index is 1060. The minimum absolute atomic E-state index is 0.518. The van der Waals surface area contributed by atoms with E-state index in [1.54, 1.807) is 24.3 Å². The lowest BCUT2D eigenvalue weighted by molar-refractivity contribution is 0.673. The highest BCUT2D eigenvalue weighted by molar-refractivity contribution is 7.98. The fourth-order valence-electron chi connectivity index (χ4n) is 2.99. The largest absolute Gasteiger partial charge is 0.302 e. The smallest absolute Gasteiger partial charge is 0.143 e. The van der Waals surface area contributed by atoms with Gasteiger partial charge in [0.25, 0.3) is 0 Å². The standard InChI is InChI=1S/C20H16Cl2N4S/c1-27-20-19(25-10-9-23-13-25)18(15-7-8-16(21)17(22)11-15)26(24-20)12-14-5-3-2-4-6-14/h2-11,13H,12H2,1H3. The molecular weight excluding hydrogens is 399 g/mol. The molecule has 0 aliphatic carbocycles. The Morgan fingerprint density at radius 3 is 2.52 bits per heavy atom. The molecule has 4 nitrogen and oxygen atoms in total. The zero-order valence-electron chi connectivity index (χ0n) is 14.5. The molecule has 0 spiro atoms. The molecule has 4 aromatic rings. The second-order valence-electron chi connectivity index (χ2n) is 5.95. The van der Waals surface area contributed by atoms with Crippen molar-refractivity contribution < 1.29 is 0 Å². The Hall–Kier alpha value is -2.21. The third-order valence-corrected chi connectivity index (χ3v) is 5.62. The monoisotopic (exact) mass is 414 g/mol. The van der Waals surface area contributed by atoms with Crippen molar-refractivity contribution >= 4 is 35.0 Å². The zero-order chi connectivity index (χ0) is 18.8. The lowest BCUT2D eigenvalue weighted by Crippen LogP contribution is -2.05. The van der Waals surface area contributed by atoms with E-state index < -0.39 is 0 Å². The van der Waals surface area contributed by atoms with E-state index in [0.717, 1.165) is 22.0 Å². The Labute approximate surface area is 171 Å². The fraction of sp³-hybridized carbons (Fsp3) is 0.100. The molecule has 0 atom stereocenters. The van der Waals surface area contributed by atoms with Gasteiger partial charge in [0.1, 0.15) is 10.7 Å². The van der Waals surface area contributed by atoms with Gasteiger partial charge in [-0.3, -0.25) is 4.68 Å². The molecule has 0 amide bonds. The molecule has 136 valence electrons. The van der Waals surface area contributed by atoms with Gasteiger partial charge in [-0.15, -0.1) is 11.8 Å². The quantitative estimate of drug-likeness (QED) is 0.386. The van der Waals surface area contributed by atoms with E-state index in [1.165, 1.54) is 5.56 Å². The number of imidazole rings is 1. The van der Waals surface area contributed by atoms with Gasteiger partial charge in [-0.05, 0) is 24.0 Å². The van der Waals surface area contributed by atoms with Crippen LogP contribution >= 0.6 is 35.0 Å². The summed E-state index contributed by atoms with van der Waals surface area (Å²) in [6, 6.07) is 15.9. The van der Waals surface area contributed by atoms with Crippen LogP contribution in [0.3, 0.4) is 0 Å². The van der Waals surface area contributed by atoms with Crippen LogP contribution in [0.25, 0.3) is 16.9 Å². The number of benzene rings is 2. The highest BCUT2D eigenvalue weighted by Crippen LogP contribution is 2.37. The number of aromatic nitrogens is 4. The molecule has 0 saturated carbocycles. The lowest BCUT2D eigenvalue weighted by atomic mass is 10.1. The van der Waals surface area contributed by atoms with Crippen LogP contribution in [0.5, 0.6) is 0 Å². The van der Waals surface area contributed by atoms with Crippen LogP contribution < -0.4 is 0 Å². The SMILES string of the molecule is CSc1nn(Cc2ccccc2)c(-c2ccc(Cl)c(Cl)c2)c1-n1ccnc1. The second-order valence-corrected chi connectivity index (χ2v) is 7.56. The molecule has 7 heteroatoms. The van der Waals surface area contributed by atoms with E-state index in [1.807, 2.05) is 58.1 Å². The van der Waals surface area contributed by atoms with E-state index in [2.05, 4.69) is 17.1 Å². The van der Waals surface area contributed by atoms with Gasteiger partial charge in [-0.25, -0.2) is 4.98 Å². The summed E-state index contributed by atoms with van der Waals surface area (Å²) >= 11 is 14.0. The molecule has 2 aromatic carbocycles. The van der Waals surface area contributed by atoms with Crippen LogP contribution in [0.2, 0.25) is 10.0 Å². The molecule has 27 heavy (non-hydrogen) atoms. The molecule has 0 bridgehead atoms. The molecule has 2 aromatic heterocycles. The van der Waals surface area contributed by atoms with Crippen LogP contribution in [0.1, 0.15) is 5.56 Å². The molecular formula is C20H16Cl2N4S. The summed E-state index contributed by atoms with van der Waals surface area (Å²) in [5.74, 6) is 0. The minimum Gasteiger partial charge on any atom is -0.302 e. The van der Waals surface area contributed by atoms with Gasteiger partial charge in [0.15, 0.2) is 0 Å².